The highest BCUT2D eigenvalue weighted by Gasteiger charge is 2.22. The Morgan fingerprint density at radius 1 is 1.52 bits per heavy atom. The van der Waals surface area contributed by atoms with Crippen molar-refractivity contribution in [3.63, 3.8) is 0 Å². The van der Waals surface area contributed by atoms with Gasteiger partial charge in [0.25, 0.3) is 0 Å². The second-order valence-corrected chi connectivity index (χ2v) is 6.16. The molecule has 1 amide bonds. The average Bonchev–Trinajstić information content (AvgIpc) is 2.48. The molecule has 1 saturated heterocycles. The smallest absolute Gasteiger partial charge is 0.230 e. The zero-order chi connectivity index (χ0) is 14.4. The minimum absolute atomic E-state index is 0. The van der Waals surface area contributed by atoms with Crippen molar-refractivity contribution in [2.24, 2.45) is 5.92 Å². The van der Waals surface area contributed by atoms with Crippen molar-refractivity contribution >= 4 is 30.1 Å². The summed E-state index contributed by atoms with van der Waals surface area (Å²) in [6, 6.07) is 8.03. The van der Waals surface area contributed by atoms with Gasteiger partial charge in [0.15, 0.2) is 0 Å². The third-order valence-electron chi connectivity index (χ3n) is 3.59. The molecule has 1 aromatic carbocycles. The van der Waals surface area contributed by atoms with E-state index < -0.39 is 0 Å². The van der Waals surface area contributed by atoms with Crippen LogP contribution in [0.5, 0.6) is 5.75 Å². The molecule has 6 heteroatoms. The Bertz CT molecular complexity index is 459. The van der Waals surface area contributed by atoms with Crippen LogP contribution in [-0.2, 0) is 4.79 Å². The number of carbonyl (C=O) groups excluding carboxylic acids is 1. The normalized spacial score (nSPS) is 21.2. The SMILES string of the molecule is COc1cccc(SCC(=O)NC2CNCCC2C)c1.Cl. The molecule has 1 aliphatic heterocycles. The molecule has 2 rings (SSSR count). The van der Waals surface area contributed by atoms with E-state index in [0.717, 1.165) is 30.2 Å². The molecule has 0 saturated carbocycles. The number of rotatable bonds is 5. The maximum absolute atomic E-state index is 12.0. The van der Waals surface area contributed by atoms with Crippen molar-refractivity contribution in [2.45, 2.75) is 24.3 Å². The zero-order valence-corrected chi connectivity index (χ0v) is 14.1. The first-order chi connectivity index (χ1) is 9.69. The topological polar surface area (TPSA) is 50.4 Å². The van der Waals surface area contributed by atoms with Crippen LogP contribution in [-0.4, -0.2) is 37.9 Å². The van der Waals surface area contributed by atoms with Crippen molar-refractivity contribution in [3.8, 4) is 5.75 Å². The minimum atomic E-state index is 0. The Labute approximate surface area is 136 Å². The second-order valence-electron chi connectivity index (χ2n) is 5.11. The summed E-state index contributed by atoms with van der Waals surface area (Å²) in [7, 11) is 1.65. The fourth-order valence-corrected chi connectivity index (χ4v) is 3.03. The van der Waals surface area contributed by atoms with Crippen molar-refractivity contribution in [1.29, 1.82) is 0 Å². The molecule has 0 aliphatic carbocycles. The average molecular weight is 331 g/mol. The molecule has 0 radical (unpaired) electrons. The van der Waals surface area contributed by atoms with Crippen molar-refractivity contribution in [1.82, 2.24) is 10.6 Å². The van der Waals surface area contributed by atoms with Gasteiger partial charge < -0.3 is 15.4 Å². The standard InChI is InChI=1S/C15H22N2O2S.ClH/c1-11-6-7-16-9-14(11)17-15(18)10-20-13-5-3-4-12(8-13)19-2;/h3-5,8,11,14,16H,6-7,9-10H2,1-2H3,(H,17,18);1H. The number of ether oxygens (including phenoxy) is 1. The summed E-state index contributed by atoms with van der Waals surface area (Å²) in [5, 5.41) is 6.44. The van der Waals surface area contributed by atoms with Gasteiger partial charge in [-0.2, -0.15) is 0 Å². The van der Waals surface area contributed by atoms with Crippen LogP contribution in [0.1, 0.15) is 13.3 Å². The molecule has 2 N–H and O–H groups in total. The molecule has 1 aliphatic rings. The van der Waals surface area contributed by atoms with Gasteiger partial charge in [0.2, 0.25) is 5.91 Å². The van der Waals surface area contributed by atoms with Crippen LogP contribution in [0.25, 0.3) is 0 Å². The van der Waals surface area contributed by atoms with Gasteiger partial charge in [-0.1, -0.05) is 13.0 Å². The number of hydrogen-bond acceptors (Lipinski definition) is 4. The molecular weight excluding hydrogens is 308 g/mol. The number of carbonyl (C=O) groups is 1. The summed E-state index contributed by atoms with van der Waals surface area (Å²) in [5.41, 5.74) is 0. The van der Waals surface area contributed by atoms with Crippen LogP contribution in [0.2, 0.25) is 0 Å². The Kier molecular flexibility index (Phi) is 7.93. The van der Waals surface area contributed by atoms with Crippen molar-refractivity contribution < 1.29 is 9.53 Å². The largest absolute Gasteiger partial charge is 0.497 e. The first-order valence-electron chi connectivity index (χ1n) is 6.96. The first kappa shape index (κ1) is 18.1. The molecule has 4 nitrogen and oxygen atoms in total. The molecule has 0 spiro atoms. The predicted octanol–water partition coefficient (Wildman–Crippen LogP) is 2.32. The molecule has 21 heavy (non-hydrogen) atoms. The van der Waals surface area contributed by atoms with Crippen LogP contribution in [0.3, 0.4) is 0 Å². The fourth-order valence-electron chi connectivity index (χ4n) is 2.27. The highest BCUT2D eigenvalue weighted by Crippen LogP contribution is 2.22. The number of benzene rings is 1. The lowest BCUT2D eigenvalue weighted by Gasteiger charge is -2.30. The second kappa shape index (κ2) is 9.18. The predicted molar refractivity (Wildman–Crippen MR) is 89.5 cm³/mol. The number of thioether (sulfide) groups is 1. The third kappa shape index (κ3) is 5.77. The molecule has 2 unspecified atom stereocenters. The number of hydrogen-bond donors (Lipinski definition) is 2. The van der Waals surface area contributed by atoms with E-state index in [2.05, 4.69) is 17.6 Å². The van der Waals surface area contributed by atoms with E-state index in [1.54, 1.807) is 7.11 Å². The van der Waals surface area contributed by atoms with Gasteiger partial charge in [-0.25, -0.2) is 0 Å². The van der Waals surface area contributed by atoms with E-state index in [-0.39, 0.29) is 24.4 Å². The summed E-state index contributed by atoms with van der Waals surface area (Å²) in [6.07, 6.45) is 1.12. The van der Waals surface area contributed by atoms with Gasteiger partial charge in [0, 0.05) is 17.5 Å². The molecule has 1 aromatic rings. The van der Waals surface area contributed by atoms with Crippen LogP contribution in [0.4, 0.5) is 0 Å². The van der Waals surface area contributed by atoms with E-state index in [1.807, 2.05) is 24.3 Å². The summed E-state index contributed by atoms with van der Waals surface area (Å²) in [4.78, 5) is 13.0. The van der Waals surface area contributed by atoms with Gasteiger partial charge in [-0.3, -0.25) is 4.79 Å². The lowest BCUT2D eigenvalue weighted by atomic mass is 9.95. The maximum Gasteiger partial charge on any atom is 0.230 e. The van der Waals surface area contributed by atoms with Crippen LogP contribution in [0.15, 0.2) is 29.2 Å². The summed E-state index contributed by atoms with van der Waals surface area (Å²) in [6.45, 7) is 4.11. The summed E-state index contributed by atoms with van der Waals surface area (Å²) < 4.78 is 5.18. The van der Waals surface area contributed by atoms with Crippen LogP contribution < -0.4 is 15.4 Å². The van der Waals surface area contributed by atoms with E-state index in [0.29, 0.717) is 11.7 Å². The number of amides is 1. The monoisotopic (exact) mass is 330 g/mol. The van der Waals surface area contributed by atoms with Gasteiger partial charge in [0.1, 0.15) is 5.75 Å². The zero-order valence-electron chi connectivity index (χ0n) is 12.4. The van der Waals surface area contributed by atoms with E-state index >= 15 is 0 Å². The highest BCUT2D eigenvalue weighted by molar-refractivity contribution is 8.00. The van der Waals surface area contributed by atoms with Crippen LogP contribution >= 0.6 is 24.2 Å². The lowest BCUT2D eigenvalue weighted by Crippen LogP contribution is -2.50. The molecule has 1 heterocycles. The molecule has 0 bridgehead atoms. The number of halogens is 1. The van der Waals surface area contributed by atoms with Gasteiger partial charge >= 0.3 is 0 Å². The minimum Gasteiger partial charge on any atom is -0.497 e. The maximum atomic E-state index is 12.0. The summed E-state index contributed by atoms with van der Waals surface area (Å²) in [5.74, 6) is 1.90. The molecule has 2 atom stereocenters. The Balaban J connectivity index is 0.00000220. The molecule has 0 aromatic heterocycles. The molecule has 118 valence electrons. The first-order valence-corrected chi connectivity index (χ1v) is 7.94. The third-order valence-corrected chi connectivity index (χ3v) is 4.58. The van der Waals surface area contributed by atoms with E-state index in [1.165, 1.54) is 11.8 Å². The van der Waals surface area contributed by atoms with Gasteiger partial charge in [0.05, 0.1) is 12.9 Å². The summed E-state index contributed by atoms with van der Waals surface area (Å²) >= 11 is 1.54. The fraction of sp³-hybridized carbons (Fsp3) is 0.533. The highest BCUT2D eigenvalue weighted by atomic mass is 35.5. The number of methoxy groups -OCH3 is 1. The number of piperidine rings is 1. The van der Waals surface area contributed by atoms with Crippen LogP contribution in [0, 0.1) is 5.92 Å². The quantitative estimate of drug-likeness (QED) is 0.814. The Hall–Kier alpha value is -0.910. The molecule has 1 fully saturated rings. The van der Waals surface area contributed by atoms with E-state index in [4.69, 9.17) is 4.74 Å². The Morgan fingerprint density at radius 2 is 2.33 bits per heavy atom. The van der Waals surface area contributed by atoms with Crippen molar-refractivity contribution in [3.05, 3.63) is 24.3 Å². The van der Waals surface area contributed by atoms with Crippen molar-refractivity contribution in [2.75, 3.05) is 26.0 Å². The lowest BCUT2D eigenvalue weighted by molar-refractivity contribution is -0.119. The number of nitrogens with one attached hydrogen (secondary N) is 2. The van der Waals surface area contributed by atoms with Gasteiger partial charge in [-0.15, -0.1) is 24.2 Å². The molecular formula is C15H23ClN2O2S. The van der Waals surface area contributed by atoms with Gasteiger partial charge in [-0.05, 0) is 37.1 Å². The Morgan fingerprint density at radius 3 is 3.05 bits per heavy atom. The van der Waals surface area contributed by atoms with E-state index in [9.17, 15) is 4.79 Å².